The van der Waals surface area contributed by atoms with E-state index >= 15 is 0 Å². The Balaban J connectivity index is 1.98. The quantitative estimate of drug-likeness (QED) is 0.759. The van der Waals surface area contributed by atoms with Crippen molar-refractivity contribution < 1.29 is 9.59 Å². The number of carbonyl (C=O) groups is 2. The van der Waals surface area contributed by atoms with Gasteiger partial charge in [0.2, 0.25) is 5.91 Å². The van der Waals surface area contributed by atoms with E-state index in [0.717, 1.165) is 30.8 Å². The molecule has 1 atom stereocenters. The molecule has 1 unspecified atom stereocenters. The van der Waals surface area contributed by atoms with Gasteiger partial charge in [-0.2, -0.15) is 0 Å². The normalized spacial score (nSPS) is 18.6. The molecule has 104 valence electrons. The first-order chi connectivity index (χ1) is 9.00. The number of hydrogen-bond acceptors (Lipinski definition) is 3. The average Bonchev–Trinajstić information content (AvgIpc) is 2.72. The van der Waals surface area contributed by atoms with Crippen molar-refractivity contribution in [1.82, 2.24) is 14.5 Å². The summed E-state index contributed by atoms with van der Waals surface area (Å²) < 4.78 is 1.99. The van der Waals surface area contributed by atoms with Crippen molar-refractivity contribution in [3.05, 3.63) is 17.7 Å². The average molecular weight is 263 g/mol. The van der Waals surface area contributed by atoms with Gasteiger partial charge in [0, 0.05) is 20.0 Å². The maximum Gasteiger partial charge on any atom is 0.231 e. The SMILES string of the molecule is CC(=O)CCCCN1Cc2c(ncn2C)C(C)C1=O. The Kier molecular flexibility index (Phi) is 4.02. The van der Waals surface area contributed by atoms with Crippen LogP contribution in [0.2, 0.25) is 0 Å². The molecule has 2 rings (SSSR count). The van der Waals surface area contributed by atoms with Crippen LogP contribution in [0.15, 0.2) is 6.33 Å². The van der Waals surface area contributed by atoms with Crippen LogP contribution in [0, 0.1) is 0 Å². The zero-order valence-corrected chi connectivity index (χ0v) is 11.8. The lowest BCUT2D eigenvalue weighted by atomic mass is 9.99. The van der Waals surface area contributed by atoms with Gasteiger partial charge in [-0.15, -0.1) is 0 Å². The highest BCUT2D eigenvalue weighted by atomic mass is 16.2. The van der Waals surface area contributed by atoms with E-state index in [1.165, 1.54) is 0 Å². The molecule has 1 aliphatic heterocycles. The lowest BCUT2D eigenvalue weighted by molar-refractivity contribution is -0.134. The molecule has 1 aromatic rings. The minimum absolute atomic E-state index is 0.147. The number of hydrogen-bond donors (Lipinski definition) is 0. The molecule has 2 heterocycles. The molecule has 19 heavy (non-hydrogen) atoms. The van der Waals surface area contributed by atoms with Crippen LogP contribution < -0.4 is 0 Å². The molecule has 0 spiro atoms. The van der Waals surface area contributed by atoms with Gasteiger partial charge in [0.1, 0.15) is 5.78 Å². The van der Waals surface area contributed by atoms with E-state index in [4.69, 9.17) is 0 Å². The first kappa shape index (κ1) is 13.8. The van der Waals surface area contributed by atoms with Gasteiger partial charge in [-0.1, -0.05) is 0 Å². The van der Waals surface area contributed by atoms with Gasteiger partial charge in [0.05, 0.1) is 30.2 Å². The Labute approximate surface area is 113 Å². The van der Waals surface area contributed by atoms with Crippen LogP contribution in [0.3, 0.4) is 0 Å². The molecule has 0 aliphatic carbocycles. The molecule has 1 amide bonds. The van der Waals surface area contributed by atoms with Gasteiger partial charge in [-0.05, 0) is 26.7 Å². The van der Waals surface area contributed by atoms with E-state index in [1.807, 2.05) is 23.4 Å². The highest BCUT2D eigenvalue weighted by molar-refractivity contribution is 5.84. The topological polar surface area (TPSA) is 55.2 Å². The number of fused-ring (bicyclic) bond motifs is 1. The van der Waals surface area contributed by atoms with E-state index in [9.17, 15) is 9.59 Å². The van der Waals surface area contributed by atoms with E-state index < -0.39 is 0 Å². The Bertz CT molecular complexity index is 493. The molecule has 0 bridgehead atoms. The molecule has 0 saturated heterocycles. The van der Waals surface area contributed by atoms with E-state index in [1.54, 1.807) is 13.3 Å². The van der Waals surface area contributed by atoms with Crippen molar-refractivity contribution in [3.63, 3.8) is 0 Å². The third-order valence-corrected chi connectivity index (χ3v) is 3.73. The Hall–Kier alpha value is -1.65. The predicted octanol–water partition coefficient (Wildman–Crippen LogP) is 1.63. The van der Waals surface area contributed by atoms with Crippen molar-refractivity contribution in [1.29, 1.82) is 0 Å². The molecule has 1 aliphatic rings. The lowest BCUT2D eigenvalue weighted by Crippen LogP contribution is -2.39. The largest absolute Gasteiger partial charge is 0.336 e. The second-order valence-corrected chi connectivity index (χ2v) is 5.33. The van der Waals surface area contributed by atoms with Crippen LogP contribution >= 0.6 is 0 Å². The summed E-state index contributed by atoms with van der Waals surface area (Å²) in [6.45, 7) is 4.88. The summed E-state index contributed by atoms with van der Waals surface area (Å²) in [5.41, 5.74) is 2.03. The number of nitrogens with zero attached hydrogens (tertiary/aromatic N) is 3. The molecule has 0 fully saturated rings. The monoisotopic (exact) mass is 263 g/mol. The van der Waals surface area contributed by atoms with E-state index in [2.05, 4.69) is 4.98 Å². The molecular formula is C14H21N3O2. The number of aryl methyl sites for hydroxylation is 1. The van der Waals surface area contributed by atoms with Crippen molar-refractivity contribution in [3.8, 4) is 0 Å². The fourth-order valence-corrected chi connectivity index (χ4v) is 2.54. The number of ketones is 1. The van der Waals surface area contributed by atoms with E-state index in [-0.39, 0.29) is 17.6 Å². The van der Waals surface area contributed by atoms with Crippen LogP contribution in [0.4, 0.5) is 0 Å². The van der Waals surface area contributed by atoms with Gasteiger partial charge in [0.15, 0.2) is 0 Å². The van der Waals surface area contributed by atoms with Crippen molar-refractivity contribution in [2.75, 3.05) is 6.54 Å². The number of carbonyl (C=O) groups excluding carboxylic acids is 2. The lowest BCUT2D eigenvalue weighted by Gasteiger charge is -2.30. The van der Waals surface area contributed by atoms with Gasteiger partial charge in [-0.25, -0.2) is 4.98 Å². The fraction of sp³-hybridized carbons (Fsp3) is 0.643. The molecule has 5 nitrogen and oxygen atoms in total. The number of amides is 1. The van der Waals surface area contributed by atoms with Gasteiger partial charge in [0.25, 0.3) is 0 Å². The van der Waals surface area contributed by atoms with Crippen LogP contribution in [-0.2, 0) is 23.2 Å². The first-order valence-electron chi connectivity index (χ1n) is 6.79. The summed E-state index contributed by atoms with van der Waals surface area (Å²) in [4.78, 5) is 29.3. The number of unbranched alkanes of at least 4 members (excludes halogenated alkanes) is 1. The summed E-state index contributed by atoms with van der Waals surface area (Å²) in [7, 11) is 1.96. The predicted molar refractivity (Wildman–Crippen MR) is 71.6 cm³/mol. The maximum absolute atomic E-state index is 12.2. The number of rotatable bonds is 5. The molecule has 1 aromatic heterocycles. The Morgan fingerprint density at radius 3 is 2.89 bits per heavy atom. The molecule has 0 saturated carbocycles. The van der Waals surface area contributed by atoms with Crippen molar-refractivity contribution in [2.24, 2.45) is 7.05 Å². The molecule has 0 N–H and O–H groups in total. The van der Waals surface area contributed by atoms with Crippen molar-refractivity contribution in [2.45, 2.75) is 45.6 Å². The number of Topliss-reactive ketones (excluding diaryl/α,β-unsaturated/α-hetero) is 1. The first-order valence-corrected chi connectivity index (χ1v) is 6.79. The summed E-state index contributed by atoms with van der Waals surface area (Å²) >= 11 is 0. The zero-order chi connectivity index (χ0) is 14.0. The van der Waals surface area contributed by atoms with Crippen LogP contribution in [0.25, 0.3) is 0 Å². The van der Waals surface area contributed by atoms with Crippen molar-refractivity contribution >= 4 is 11.7 Å². The zero-order valence-electron chi connectivity index (χ0n) is 11.8. The fourth-order valence-electron chi connectivity index (χ4n) is 2.54. The third kappa shape index (κ3) is 2.85. The summed E-state index contributed by atoms with van der Waals surface area (Å²) in [5, 5.41) is 0. The third-order valence-electron chi connectivity index (χ3n) is 3.73. The molecular weight excluding hydrogens is 242 g/mol. The van der Waals surface area contributed by atoms with Crippen LogP contribution in [0.5, 0.6) is 0 Å². The van der Waals surface area contributed by atoms with Gasteiger partial charge >= 0.3 is 0 Å². The standard InChI is InChI=1S/C14H21N3O2/c1-10(18)6-4-5-7-17-8-12-13(11(2)14(17)19)15-9-16(12)3/h9,11H,4-8H2,1-3H3. The minimum atomic E-state index is -0.155. The summed E-state index contributed by atoms with van der Waals surface area (Å²) in [6.07, 6.45) is 4.11. The highest BCUT2D eigenvalue weighted by Gasteiger charge is 2.32. The van der Waals surface area contributed by atoms with Crippen LogP contribution in [-0.4, -0.2) is 32.7 Å². The van der Waals surface area contributed by atoms with Crippen LogP contribution in [0.1, 0.15) is 50.4 Å². The van der Waals surface area contributed by atoms with Gasteiger partial charge < -0.3 is 14.3 Å². The number of imidazole rings is 1. The molecule has 0 aromatic carbocycles. The molecule has 0 radical (unpaired) electrons. The second kappa shape index (κ2) is 5.55. The smallest absolute Gasteiger partial charge is 0.231 e. The van der Waals surface area contributed by atoms with Gasteiger partial charge in [-0.3, -0.25) is 4.79 Å². The Morgan fingerprint density at radius 1 is 1.47 bits per heavy atom. The summed E-state index contributed by atoms with van der Waals surface area (Å²) in [6, 6.07) is 0. The second-order valence-electron chi connectivity index (χ2n) is 5.33. The summed E-state index contributed by atoms with van der Waals surface area (Å²) in [5.74, 6) is 0.207. The highest BCUT2D eigenvalue weighted by Crippen LogP contribution is 2.27. The van der Waals surface area contributed by atoms with E-state index in [0.29, 0.717) is 13.0 Å². The molecule has 5 heteroatoms. The Morgan fingerprint density at radius 2 is 2.21 bits per heavy atom. The number of aromatic nitrogens is 2. The maximum atomic E-state index is 12.2. The minimum Gasteiger partial charge on any atom is -0.336 e.